The van der Waals surface area contributed by atoms with Crippen LogP contribution in [0, 0.1) is 0 Å². The van der Waals surface area contributed by atoms with Crippen LogP contribution < -0.4 is 0 Å². The second-order valence-corrected chi connectivity index (χ2v) is 5.34. The summed E-state index contributed by atoms with van der Waals surface area (Å²) < 4.78 is 4.58. The van der Waals surface area contributed by atoms with Gasteiger partial charge in [0.15, 0.2) is 5.78 Å². The van der Waals surface area contributed by atoms with E-state index in [9.17, 15) is 19.8 Å². The molecule has 0 atom stereocenters. The van der Waals surface area contributed by atoms with Gasteiger partial charge in [-0.15, -0.1) is 0 Å². The first-order valence-electron chi connectivity index (χ1n) is 7.64. The van der Waals surface area contributed by atoms with Crippen molar-refractivity contribution in [3.05, 3.63) is 23.3 Å². The molecule has 0 aromatic heterocycles. The number of benzene rings is 1. The Labute approximate surface area is 130 Å². The van der Waals surface area contributed by atoms with Crippen molar-refractivity contribution in [2.24, 2.45) is 0 Å². The maximum atomic E-state index is 12.3. The van der Waals surface area contributed by atoms with E-state index < -0.39 is 5.97 Å². The summed E-state index contributed by atoms with van der Waals surface area (Å²) in [5.41, 5.74) is 0.404. The highest BCUT2D eigenvalue weighted by Crippen LogP contribution is 2.29. The van der Waals surface area contributed by atoms with E-state index in [4.69, 9.17) is 0 Å². The number of esters is 1. The van der Waals surface area contributed by atoms with Crippen molar-refractivity contribution in [1.82, 2.24) is 0 Å². The number of hydrogen-bond acceptors (Lipinski definition) is 5. The van der Waals surface area contributed by atoms with Crippen molar-refractivity contribution in [3.63, 3.8) is 0 Å². The van der Waals surface area contributed by atoms with E-state index in [0.717, 1.165) is 38.2 Å². The van der Waals surface area contributed by atoms with Crippen LogP contribution in [0.4, 0.5) is 0 Å². The Bertz CT molecular complexity index is 522. The average Bonchev–Trinajstić information content (AvgIpc) is 2.46. The predicted octanol–water partition coefficient (Wildman–Crippen LogP) is 3.36. The lowest BCUT2D eigenvalue weighted by molar-refractivity contribution is -0.139. The number of rotatable bonds is 9. The molecule has 0 heterocycles. The quantitative estimate of drug-likeness (QED) is 0.415. The molecule has 0 radical (unpaired) electrons. The van der Waals surface area contributed by atoms with Crippen molar-refractivity contribution >= 4 is 11.8 Å². The number of phenolic OH excluding ortho intramolecular Hbond substituents is 2. The summed E-state index contributed by atoms with van der Waals surface area (Å²) in [4.78, 5) is 23.7. The van der Waals surface area contributed by atoms with Gasteiger partial charge < -0.3 is 14.9 Å². The third-order valence-corrected chi connectivity index (χ3v) is 3.53. The molecule has 0 unspecified atom stereocenters. The number of Topliss-reactive ketones (excluding diaryl/α,β-unsaturated/α-hetero) is 1. The Morgan fingerprint density at radius 1 is 1.09 bits per heavy atom. The normalized spacial score (nSPS) is 10.5. The first kappa shape index (κ1) is 18.0. The second kappa shape index (κ2) is 9.07. The molecule has 0 aliphatic heterocycles. The lowest BCUT2D eigenvalue weighted by Gasteiger charge is -2.11. The van der Waals surface area contributed by atoms with Crippen molar-refractivity contribution in [3.8, 4) is 11.5 Å². The summed E-state index contributed by atoms with van der Waals surface area (Å²) in [6, 6.07) is 2.44. The fourth-order valence-corrected chi connectivity index (χ4v) is 2.37. The molecule has 0 fully saturated rings. The van der Waals surface area contributed by atoms with E-state index in [1.807, 2.05) is 0 Å². The van der Waals surface area contributed by atoms with E-state index in [-0.39, 0.29) is 29.3 Å². The van der Waals surface area contributed by atoms with Crippen molar-refractivity contribution in [1.29, 1.82) is 0 Å². The monoisotopic (exact) mass is 308 g/mol. The Morgan fingerprint density at radius 3 is 2.41 bits per heavy atom. The van der Waals surface area contributed by atoms with Crippen molar-refractivity contribution < 1.29 is 24.5 Å². The number of carbonyl (C=O) groups excluding carboxylic acids is 2. The van der Waals surface area contributed by atoms with Gasteiger partial charge >= 0.3 is 5.97 Å². The highest BCUT2D eigenvalue weighted by atomic mass is 16.5. The predicted molar refractivity (Wildman–Crippen MR) is 83.2 cm³/mol. The smallest absolute Gasteiger partial charge is 0.310 e. The zero-order chi connectivity index (χ0) is 16.5. The summed E-state index contributed by atoms with van der Waals surface area (Å²) in [6.07, 6.45) is 5.23. The van der Waals surface area contributed by atoms with E-state index in [1.54, 1.807) is 0 Å². The number of phenols is 2. The third kappa shape index (κ3) is 5.39. The second-order valence-electron chi connectivity index (χ2n) is 5.34. The molecule has 5 heteroatoms. The SMILES string of the molecule is CCCCCCCC(=O)c1c(O)cc(O)cc1CC(=O)OC. The molecule has 1 aromatic carbocycles. The van der Waals surface area contributed by atoms with Gasteiger partial charge in [-0.25, -0.2) is 0 Å². The largest absolute Gasteiger partial charge is 0.508 e. The summed E-state index contributed by atoms with van der Waals surface area (Å²) in [5, 5.41) is 19.5. The van der Waals surface area contributed by atoms with Crippen LogP contribution in [0.2, 0.25) is 0 Å². The minimum absolute atomic E-state index is 0.110. The van der Waals surface area contributed by atoms with Gasteiger partial charge in [0, 0.05) is 12.5 Å². The first-order chi connectivity index (χ1) is 10.5. The van der Waals surface area contributed by atoms with Gasteiger partial charge in [0.1, 0.15) is 11.5 Å². The van der Waals surface area contributed by atoms with Gasteiger partial charge in [-0.2, -0.15) is 0 Å². The number of unbranched alkanes of at least 4 members (excludes halogenated alkanes) is 4. The van der Waals surface area contributed by atoms with Gasteiger partial charge in [-0.05, 0) is 18.1 Å². The van der Waals surface area contributed by atoms with Gasteiger partial charge in [0.25, 0.3) is 0 Å². The lowest BCUT2D eigenvalue weighted by Crippen LogP contribution is -2.10. The molecule has 2 N–H and O–H groups in total. The molecular formula is C17H24O5. The molecule has 0 aliphatic carbocycles. The van der Waals surface area contributed by atoms with E-state index >= 15 is 0 Å². The molecule has 1 rings (SSSR count). The third-order valence-electron chi connectivity index (χ3n) is 3.53. The number of hydrogen-bond donors (Lipinski definition) is 2. The maximum Gasteiger partial charge on any atom is 0.310 e. The minimum atomic E-state index is -0.526. The molecule has 0 spiro atoms. The zero-order valence-corrected chi connectivity index (χ0v) is 13.2. The minimum Gasteiger partial charge on any atom is -0.508 e. The number of methoxy groups -OCH3 is 1. The Balaban J connectivity index is 2.82. The van der Waals surface area contributed by atoms with Gasteiger partial charge in [-0.3, -0.25) is 9.59 Å². The zero-order valence-electron chi connectivity index (χ0n) is 13.2. The maximum absolute atomic E-state index is 12.3. The number of ketones is 1. The molecule has 5 nitrogen and oxygen atoms in total. The molecule has 0 saturated heterocycles. The molecule has 0 bridgehead atoms. The molecule has 0 aliphatic rings. The summed E-state index contributed by atoms with van der Waals surface area (Å²) in [6.45, 7) is 2.12. The number of ether oxygens (including phenoxy) is 1. The van der Waals surface area contributed by atoms with Gasteiger partial charge in [0.05, 0.1) is 19.1 Å². The Morgan fingerprint density at radius 2 is 1.77 bits per heavy atom. The summed E-state index contributed by atoms with van der Waals surface area (Å²) >= 11 is 0. The van der Waals surface area contributed by atoms with Gasteiger partial charge in [-0.1, -0.05) is 32.6 Å². The van der Waals surface area contributed by atoms with Gasteiger partial charge in [0.2, 0.25) is 0 Å². The lowest BCUT2D eigenvalue weighted by atomic mass is 9.96. The average molecular weight is 308 g/mol. The fourth-order valence-electron chi connectivity index (χ4n) is 2.37. The number of aromatic hydroxyl groups is 2. The first-order valence-corrected chi connectivity index (χ1v) is 7.64. The van der Waals surface area contributed by atoms with E-state index in [2.05, 4.69) is 11.7 Å². The van der Waals surface area contributed by atoms with Crippen LogP contribution in [0.25, 0.3) is 0 Å². The Kier molecular flexibility index (Phi) is 7.43. The molecular weight excluding hydrogens is 284 g/mol. The standard InChI is InChI=1S/C17H24O5/c1-3-4-5-6-7-8-14(19)17-12(10-16(21)22-2)9-13(18)11-15(17)20/h9,11,18,20H,3-8,10H2,1-2H3. The summed E-state index contributed by atoms with van der Waals surface area (Å²) in [5.74, 6) is -1.22. The molecule has 22 heavy (non-hydrogen) atoms. The molecule has 0 saturated carbocycles. The van der Waals surface area contributed by atoms with Crippen LogP contribution >= 0.6 is 0 Å². The Hall–Kier alpha value is -2.04. The molecule has 1 aromatic rings. The summed E-state index contributed by atoms with van der Waals surface area (Å²) in [7, 11) is 1.25. The number of carbonyl (C=O) groups is 2. The topological polar surface area (TPSA) is 83.8 Å². The molecule has 0 amide bonds. The highest BCUT2D eigenvalue weighted by Gasteiger charge is 2.19. The van der Waals surface area contributed by atoms with E-state index in [1.165, 1.54) is 13.2 Å². The van der Waals surface area contributed by atoms with Crippen molar-refractivity contribution in [2.45, 2.75) is 51.9 Å². The highest BCUT2D eigenvalue weighted by molar-refractivity contribution is 6.01. The van der Waals surface area contributed by atoms with Crippen LogP contribution in [-0.2, 0) is 16.0 Å². The van der Waals surface area contributed by atoms with Crippen LogP contribution in [0.15, 0.2) is 12.1 Å². The fraction of sp³-hybridized carbons (Fsp3) is 0.529. The molecule has 122 valence electrons. The van der Waals surface area contributed by atoms with E-state index in [0.29, 0.717) is 12.0 Å². The van der Waals surface area contributed by atoms with Crippen molar-refractivity contribution in [2.75, 3.05) is 7.11 Å². The van der Waals surface area contributed by atoms with Crippen LogP contribution in [0.1, 0.15) is 61.4 Å². The van der Waals surface area contributed by atoms with Crippen LogP contribution in [0.3, 0.4) is 0 Å². The van der Waals surface area contributed by atoms with Crippen LogP contribution in [-0.4, -0.2) is 29.1 Å². The van der Waals surface area contributed by atoms with Crippen LogP contribution in [0.5, 0.6) is 11.5 Å².